The summed E-state index contributed by atoms with van der Waals surface area (Å²) in [7, 11) is 0. The van der Waals surface area contributed by atoms with Gasteiger partial charge >= 0.3 is 0 Å². The summed E-state index contributed by atoms with van der Waals surface area (Å²) >= 11 is 1.81. The number of ketones is 1. The Labute approximate surface area is 141 Å². The summed E-state index contributed by atoms with van der Waals surface area (Å²) in [6, 6.07) is 7.50. The molecule has 122 valence electrons. The van der Waals surface area contributed by atoms with Crippen molar-refractivity contribution in [2.45, 2.75) is 51.6 Å². The molecule has 1 aliphatic carbocycles. The van der Waals surface area contributed by atoms with Crippen LogP contribution in [0.1, 0.15) is 64.4 Å². The van der Waals surface area contributed by atoms with Crippen molar-refractivity contribution in [2.24, 2.45) is 0 Å². The molecule has 1 saturated heterocycles. The molecule has 2 aliphatic rings. The molecule has 4 heteroatoms. The molecule has 4 rings (SSSR count). The number of rotatable bonds is 5. The normalized spacial score (nSPS) is 21.9. The van der Waals surface area contributed by atoms with Gasteiger partial charge in [-0.15, -0.1) is 11.3 Å². The summed E-state index contributed by atoms with van der Waals surface area (Å²) in [5, 5.41) is 2.14. The van der Waals surface area contributed by atoms with Crippen LogP contribution < -0.4 is 0 Å². The zero-order chi connectivity index (χ0) is 16.0. The van der Waals surface area contributed by atoms with Gasteiger partial charge < -0.3 is 4.57 Å². The summed E-state index contributed by atoms with van der Waals surface area (Å²) in [5.74, 6) is 0.286. The highest BCUT2D eigenvalue weighted by Crippen LogP contribution is 2.39. The first-order valence-electron chi connectivity index (χ1n) is 8.64. The lowest BCUT2D eigenvalue weighted by Gasteiger charge is -2.22. The van der Waals surface area contributed by atoms with Crippen LogP contribution in [0.5, 0.6) is 0 Å². The van der Waals surface area contributed by atoms with Crippen LogP contribution in [0.2, 0.25) is 0 Å². The molecule has 2 aromatic heterocycles. The van der Waals surface area contributed by atoms with Crippen molar-refractivity contribution in [1.29, 1.82) is 0 Å². The van der Waals surface area contributed by atoms with E-state index < -0.39 is 0 Å². The predicted molar refractivity (Wildman–Crippen MR) is 94.4 cm³/mol. The maximum absolute atomic E-state index is 12.9. The molecular weight excluding hydrogens is 304 g/mol. The van der Waals surface area contributed by atoms with E-state index in [-0.39, 0.29) is 5.78 Å². The third-order valence-corrected chi connectivity index (χ3v) is 6.25. The zero-order valence-electron chi connectivity index (χ0n) is 13.9. The number of carbonyl (C=O) groups is 1. The number of aryl methyl sites for hydroxylation is 1. The molecule has 3 nitrogen and oxygen atoms in total. The third kappa shape index (κ3) is 2.79. The lowest BCUT2D eigenvalue weighted by atomic mass is 10.1. The highest BCUT2D eigenvalue weighted by Gasteiger charge is 2.31. The maximum atomic E-state index is 12.9. The van der Waals surface area contributed by atoms with Gasteiger partial charge in [0.05, 0.1) is 6.54 Å². The number of hydrogen-bond acceptors (Lipinski definition) is 3. The quantitative estimate of drug-likeness (QED) is 0.754. The molecule has 0 spiro atoms. The number of carbonyl (C=O) groups excluding carboxylic acids is 1. The lowest BCUT2D eigenvalue weighted by molar-refractivity contribution is 0.0922. The summed E-state index contributed by atoms with van der Waals surface area (Å²) in [5.41, 5.74) is 3.35. The summed E-state index contributed by atoms with van der Waals surface area (Å²) in [6.45, 7) is 5.83. The minimum Gasteiger partial charge on any atom is -0.345 e. The van der Waals surface area contributed by atoms with Crippen LogP contribution >= 0.6 is 11.3 Å². The third-order valence-electron chi connectivity index (χ3n) is 5.28. The molecule has 0 N–H and O–H groups in total. The minimum atomic E-state index is 0.286. The zero-order valence-corrected chi connectivity index (χ0v) is 14.7. The molecule has 1 aliphatic heterocycles. The van der Waals surface area contributed by atoms with Gasteiger partial charge in [0.15, 0.2) is 5.78 Å². The second kappa shape index (κ2) is 5.91. The van der Waals surface area contributed by atoms with Crippen molar-refractivity contribution in [3.8, 4) is 0 Å². The number of hydrogen-bond donors (Lipinski definition) is 0. The Balaban J connectivity index is 1.53. The largest absolute Gasteiger partial charge is 0.345 e. The minimum absolute atomic E-state index is 0.286. The van der Waals surface area contributed by atoms with Gasteiger partial charge in [0.2, 0.25) is 0 Å². The van der Waals surface area contributed by atoms with Gasteiger partial charge in [-0.1, -0.05) is 6.07 Å². The van der Waals surface area contributed by atoms with Crippen LogP contribution in [0.4, 0.5) is 0 Å². The van der Waals surface area contributed by atoms with Crippen molar-refractivity contribution >= 4 is 17.1 Å². The summed E-state index contributed by atoms with van der Waals surface area (Å²) in [4.78, 5) is 16.7. The summed E-state index contributed by atoms with van der Waals surface area (Å²) in [6.07, 6.45) is 4.89. The summed E-state index contributed by atoms with van der Waals surface area (Å²) < 4.78 is 2.37. The first-order valence-corrected chi connectivity index (χ1v) is 9.52. The van der Waals surface area contributed by atoms with Crippen LogP contribution in [-0.2, 0) is 0 Å². The van der Waals surface area contributed by atoms with Crippen molar-refractivity contribution in [2.75, 3.05) is 13.1 Å². The van der Waals surface area contributed by atoms with E-state index in [4.69, 9.17) is 0 Å². The van der Waals surface area contributed by atoms with E-state index in [2.05, 4.69) is 46.9 Å². The second-order valence-electron chi connectivity index (χ2n) is 6.95. The van der Waals surface area contributed by atoms with Gasteiger partial charge in [-0.3, -0.25) is 9.69 Å². The van der Waals surface area contributed by atoms with Crippen LogP contribution in [0.25, 0.3) is 0 Å². The highest BCUT2D eigenvalue weighted by atomic mass is 32.1. The van der Waals surface area contributed by atoms with Crippen molar-refractivity contribution < 1.29 is 4.79 Å². The fraction of sp³-hybridized carbons (Fsp3) is 0.526. The first kappa shape index (κ1) is 15.2. The van der Waals surface area contributed by atoms with Crippen molar-refractivity contribution in [3.63, 3.8) is 0 Å². The SMILES string of the molecule is Cc1cc(C(=O)CN2CCCC2c2cccs2)c(C)n1C1CC1. The number of likely N-dealkylation sites (tertiary alicyclic amines) is 1. The van der Waals surface area contributed by atoms with Crippen molar-refractivity contribution in [3.05, 3.63) is 45.4 Å². The molecule has 1 unspecified atom stereocenters. The number of aromatic nitrogens is 1. The maximum Gasteiger partial charge on any atom is 0.178 e. The molecule has 0 radical (unpaired) electrons. The van der Waals surface area contributed by atoms with Gasteiger partial charge in [-0.25, -0.2) is 0 Å². The van der Waals surface area contributed by atoms with Gasteiger partial charge in [-0.05, 0) is 63.6 Å². The van der Waals surface area contributed by atoms with Gasteiger partial charge in [0, 0.05) is 33.9 Å². The predicted octanol–water partition coefficient (Wildman–Crippen LogP) is 4.52. The monoisotopic (exact) mass is 328 g/mol. The van der Waals surface area contributed by atoms with Crippen LogP contribution in [0.3, 0.4) is 0 Å². The highest BCUT2D eigenvalue weighted by molar-refractivity contribution is 7.10. The molecule has 1 atom stereocenters. The van der Waals surface area contributed by atoms with E-state index in [1.54, 1.807) is 0 Å². The van der Waals surface area contributed by atoms with E-state index in [0.717, 1.165) is 12.1 Å². The number of thiophene rings is 1. The van der Waals surface area contributed by atoms with Gasteiger partial charge in [0.1, 0.15) is 0 Å². The Bertz CT molecular complexity index is 712. The van der Waals surface area contributed by atoms with Crippen molar-refractivity contribution in [1.82, 2.24) is 9.47 Å². The standard InChI is InChI=1S/C19H24N2OS/c1-13-11-16(14(2)21(13)15-7-8-15)18(22)12-20-9-3-5-17(20)19-6-4-10-23-19/h4,6,10-11,15,17H,3,5,7-9,12H2,1-2H3. The Morgan fingerprint density at radius 2 is 2.13 bits per heavy atom. The Kier molecular flexibility index (Phi) is 3.90. The van der Waals surface area contributed by atoms with Crippen LogP contribution in [0, 0.1) is 13.8 Å². The smallest absolute Gasteiger partial charge is 0.178 e. The average Bonchev–Trinajstić information content (AvgIpc) is 2.94. The molecule has 23 heavy (non-hydrogen) atoms. The van der Waals surface area contributed by atoms with E-state index in [0.29, 0.717) is 18.6 Å². The van der Waals surface area contributed by atoms with Gasteiger partial charge in [0.25, 0.3) is 0 Å². The molecule has 2 fully saturated rings. The molecule has 0 amide bonds. The Morgan fingerprint density at radius 1 is 1.30 bits per heavy atom. The van der Waals surface area contributed by atoms with Crippen LogP contribution in [-0.4, -0.2) is 28.3 Å². The topological polar surface area (TPSA) is 25.2 Å². The molecule has 2 aromatic rings. The average molecular weight is 328 g/mol. The number of Topliss-reactive ketones (excluding diaryl/α,β-unsaturated/α-hetero) is 1. The van der Waals surface area contributed by atoms with E-state index in [1.807, 2.05) is 11.3 Å². The molecule has 1 saturated carbocycles. The van der Waals surface area contributed by atoms with Gasteiger partial charge in [-0.2, -0.15) is 0 Å². The lowest BCUT2D eigenvalue weighted by Crippen LogP contribution is -2.29. The fourth-order valence-corrected chi connectivity index (χ4v) is 4.94. The molecular formula is C19H24N2OS. The molecule has 0 aromatic carbocycles. The van der Waals surface area contributed by atoms with E-state index in [9.17, 15) is 4.79 Å². The van der Waals surface area contributed by atoms with Crippen LogP contribution in [0.15, 0.2) is 23.6 Å². The first-order chi connectivity index (χ1) is 11.1. The Morgan fingerprint density at radius 3 is 2.83 bits per heavy atom. The fourth-order valence-electron chi connectivity index (χ4n) is 4.04. The second-order valence-corrected chi connectivity index (χ2v) is 7.93. The molecule has 3 heterocycles. The molecule has 0 bridgehead atoms. The Hall–Kier alpha value is -1.39. The van der Waals surface area contributed by atoms with E-state index in [1.165, 1.54) is 41.9 Å². The number of nitrogens with zero attached hydrogens (tertiary/aromatic N) is 2. The van der Waals surface area contributed by atoms with E-state index >= 15 is 0 Å².